The van der Waals surface area contributed by atoms with Crippen molar-refractivity contribution in [3.8, 4) is 0 Å². The first-order valence-electron chi connectivity index (χ1n) is 6.37. The Kier molecular flexibility index (Phi) is 4.46. The molecule has 2 rings (SSSR count). The Morgan fingerprint density at radius 3 is 2.95 bits per heavy atom. The van der Waals surface area contributed by atoms with Gasteiger partial charge in [-0.05, 0) is 12.8 Å². The van der Waals surface area contributed by atoms with E-state index in [1.807, 2.05) is 0 Å². The molecule has 2 heterocycles. The lowest BCUT2D eigenvalue weighted by molar-refractivity contribution is -0.135. The Labute approximate surface area is 109 Å². The van der Waals surface area contributed by atoms with Crippen LogP contribution in [0, 0.1) is 5.92 Å². The van der Waals surface area contributed by atoms with Crippen molar-refractivity contribution < 1.29 is 17.9 Å². The van der Waals surface area contributed by atoms with Gasteiger partial charge in [-0.1, -0.05) is 0 Å². The zero-order chi connectivity index (χ0) is 13.9. The normalized spacial score (nSPS) is 21.8. The summed E-state index contributed by atoms with van der Waals surface area (Å²) in [6, 6.07) is -0.226. The smallest absolute Gasteiger partial charge is 0.381 e. The van der Waals surface area contributed by atoms with Crippen LogP contribution in [0.1, 0.15) is 31.0 Å². The van der Waals surface area contributed by atoms with Gasteiger partial charge >= 0.3 is 6.18 Å². The molecule has 0 bridgehead atoms. The number of imidazole rings is 1. The van der Waals surface area contributed by atoms with Crippen molar-refractivity contribution in [1.29, 1.82) is 0 Å². The predicted molar refractivity (Wildman–Crippen MR) is 63.4 cm³/mol. The summed E-state index contributed by atoms with van der Waals surface area (Å²) < 4.78 is 43.4. The molecule has 1 aromatic heterocycles. The van der Waals surface area contributed by atoms with E-state index in [0.29, 0.717) is 13.2 Å². The molecule has 2 atom stereocenters. The largest absolute Gasteiger partial charge is 0.389 e. The summed E-state index contributed by atoms with van der Waals surface area (Å²) in [6.07, 6.45) is -0.790. The number of rotatable bonds is 5. The highest BCUT2D eigenvalue weighted by Gasteiger charge is 2.28. The van der Waals surface area contributed by atoms with Crippen LogP contribution in [0.2, 0.25) is 0 Å². The highest BCUT2D eigenvalue weighted by atomic mass is 19.4. The molecule has 1 aromatic rings. The Balaban J connectivity index is 1.93. The minimum Gasteiger partial charge on any atom is -0.381 e. The molecule has 4 nitrogen and oxygen atoms in total. The molecule has 0 aromatic carbocycles. The van der Waals surface area contributed by atoms with E-state index in [9.17, 15) is 13.2 Å². The number of ether oxygens (including phenoxy) is 1. The van der Waals surface area contributed by atoms with Gasteiger partial charge in [-0.2, -0.15) is 13.2 Å². The van der Waals surface area contributed by atoms with E-state index < -0.39 is 12.6 Å². The van der Waals surface area contributed by atoms with Crippen LogP contribution in [-0.2, 0) is 11.3 Å². The Bertz CT molecular complexity index is 399. The van der Waals surface area contributed by atoms with Crippen LogP contribution in [0.4, 0.5) is 13.2 Å². The average molecular weight is 277 g/mol. The van der Waals surface area contributed by atoms with E-state index in [-0.39, 0.29) is 24.9 Å². The molecule has 0 radical (unpaired) electrons. The summed E-state index contributed by atoms with van der Waals surface area (Å²) >= 11 is 0. The zero-order valence-corrected chi connectivity index (χ0v) is 10.6. The first-order chi connectivity index (χ1) is 8.97. The predicted octanol–water partition coefficient (Wildman–Crippen LogP) is 2.26. The molecule has 1 aliphatic heterocycles. The highest BCUT2D eigenvalue weighted by molar-refractivity contribution is 5.07. The van der Waals surface area contributed by atoms with Gasteiger partial charge in [-0.3, -0.25) is 0 Å². The van der Waals surface area contributed by atoms with Gasteiger partial charge in [0, 0.05) is 31.7 Å². The number of halogens is 3. The van der Waals surface area contributed by atoms with Crippen molar-refractivity contribution >= 4 is 0 Å². The molecule has 7 heteroatoms. The van der Waals surface area contributed by atoms with Crippen molar-refractivity contribution in [2.75, 3.05) is 13.2 Å². The summed E-state index contributed by atoms with van der Waals surface area (Å²) in [4.78, 5) is 3.99. The molecule has 2 unspecified atom stereocenters. The molecule has 1 saturated heterocycles. The second-order valence-electron chi connectivity index (χ2n) is 4.88. The van der Waals surface area contributed by atoms with Gasteiger partial charge in [-0.15, -0.1) is 0 Å². The minimum absolute atomic E-state index is 0.0424. The van der Waals surface area contributed by atoms with Gasteiger partial charge < -0.3 is 15.0 Å². The second kappa shape index (κ2) is 5.92. The third kappa shape index (κ3) is 3.94. The molecule has 1 aliphatic rings. The quantitative estimate of drug-likeness (QED) is 0.898. The maximum Gasteiger partial charge on any atom is 0.389 e. The molecular weight excluding hydrogens is 259 g/mol. The standard InChI is InChI=1S/C12H18F3N3O/c13-12(14,15)3-1-4-18-8-17-6-10(18)11(16)9-2-5-19-7-9/h6,8-9,11H,1-5,7,16H2. The Hall–Kier alpha value is -1.08. The van der Waals surface area contributed by atoms with Gasteiger partial charge in [-0.25, -0.2) is 4.98 Å². The van der Waals surface area contributed by atoms with Crippen LogP contribution in [0.15, 0.2) is 12.5 Å². The van der Waals surface area contributed by atoms with Crippen LogP contribution < -0.4 is 5.73 Å². The monoisotopic (exact) mass is 277 g/mol. The minimum atomic E-state index is -4.11. The fourth-order valence-corrected chi connectivity index (χ4v) is 2.32. The van der Waals surface area contributed by atoms with Crippen LogP contribution >= 0.6 is 0 Å². The average Bonchev–Trinajstić information content (AvgIpc) is 2.97. The van der Waals surface area contributed by atoms with Crippen LogP contribution in [0.3, 0.4) is 0 Å². The molecule has 1 fully saturated rings. The van der Waals surface area contributed by atoms with Gasteiger partial charge in [0.25, 0.3) is 0 Å². The van der Waals surface area contributed by atoms with Crippen molar-refractivity contribution in [2.24, 2.45) is 11.7 Å². The second-order valence-corrected chi connectivity index (χ2v) is 4.88. The summed E-state index contributed by atoms with van der Waals surface area (Å²) in [5.74, 6) is 0.220. The lowest BCUT2D eigenvalue weighted by atomic mass is 9.97. The fraction of sp³-hybridized carbons (Fsp3) is 0.750. The molecule has 108 valence electrons. The summed E-state index contributed by atoms with van der Waals surface area (Å²) in [7, 11) is 0. The van der Waals surface area contributed by atoms with Crippen molar-refractivity contribution in [3.63, 3.8) is 0 Å². The molecule has 0 spiro atoms. The summed E-state index contributed by atoms with van der Waals surface area (Å²) in [5, 5.41) is 0. The number of hydrogen-bond acceptors (Lipinski definition) is 3. The number of nitrogens with zero attached hydrogens (tertiary/aromatic N) is 2. The van der Waals surface area contributed by atoms with Crippen molar-refractivity contribution in [1.82, 2.24) is 9.55 Å². The van der Waals surface area contributed by atoms with Crippen LogP contribution in [0.5, 0.6) is 0 Å². The highest BCUT2D eigenvalue weighted by Crippen LogP contribution is 2.27. The van der Waals surface area contributed by atoms with E-state index in [1.165, 1.54) is 0 Å². The van der Waals surface area contributed by atoms with E-state index >= 15 is 0 Å². The fourth-order valence-electron chi connectivity index (χ4n) is 2.32. The Morgan fingerprint density at radius 2 is 2.32 bits per heavy atom. The van der Waals surface area contributed by atoms with Crippen molar-refractivity contribution in [2.45, 2.75) is 38.0 Å². The molecule has 19 heavy (non-hydrogen) atoms. The van der Waals surface area contributed by atoms with E-state index in [0.717, 1.165) is 12.1 Å². The third-order valence-electron chi connectivity index (χ3n) is 3.42. The number of alkyl halides is 3. The maximum atomic E-state index is 12.1. The topological polar surface area (TPSA) is 53.1 Å². The number of aryl methyl sites for hydroxylation is 1. The molecular formula is C12H18F3N3O. The Morgan fingerprint density at radius 1 is 1.53 bits per heavy atom. The number of nitrogens with two attached hydrogens (primary N) is 1. The first-order valence-corrected chi connectivity index (χ1v) is 6.37. The lowest BCUT2D eigenvalue weighted by Gasteiger charge is -2.19. The van der Waals surface area contributed by atoms with Gasteiger partial charge in [0.15, 0.2) is 0 Å². The van der Waals surface area contributed by atoms with Gasteiger partial charge in [0.2, 0.25) is 0 Å². The maximum absolute atomic E-state index is 12.1. The van der Waals surface area contributed by atoms with Crippen LogP contribution in [0.25, 0.3) is 0 Å². The first kappa shape index (κ1) is 14.3. The molecule has 2 N–H and O–H groups in total. The molecule has 0 saturated carbocycles. The van der Waals surface area contributed by atoms with Gasteiger partial charge in [0.1, 0.15) is 0 Å². The number of aromatic nitrogens is 2. The van der Waals surface area contributed by atoms with E-state index in [1.54, 1.807) is 17.1 Å². The van der Waals surface area contributed by atoms with Crippen molar-refractivity contribution in [3.05, 3.63) is 18.2 Å². The number of hydrogen-bond donors (Lipinski definition) is 1. The van der Waals surface area contributed by atoms with E-state index in [4.69, 9.17) is 10.5 Å². The third-order valence-corrected chi connectivity index (χ3v) is 3.42. The molecule has 0 aliphatic carbocycles. The van der Waals surface area contributed by atoms with E-state index in [2.05, 4.69) is 4.98 Å². The lowest BCUT2D eigenvalue weighted by Crippen LogP contribution is -2.24. The summed E-state index contributed by atoms with van der Waals surface area (Å²) in [6.45, 7) is 1.59. The SMILES string of the molecule is NC(c1cncn1CCCC(F)(F)F)C1CCOC1. The zero-order valence-electron chi connectivity index (χ0n) is 10.6. The van der Waals surface area contributed by atoms with Gasteiger partial charge in [0.05, 0.1) is 24.7 Å². The van der Waals surface area contributed by atoms with Crippen LogP contribution in [-0.4, -0.2) is 28.9 Å². The molecule has 0 amide bonds. The summed E-state index contributed by atoms with van der Waals surface area (Å²) in [5.41, 5.74) is 6.93.